The van der Waals surface area contributed by atoms with Gasteiger partial charge in [-0.15, -0.1) is 86.4 Å². The minimum absolute atomic E-state index is 1.29. The molecular formula is C41H30Zr. The summed E-state index contributed by atoms with van der Waals surface area (Å²) in [6, 6.07) is 63.8. The maximum Gasteiger partial charge on any atom is -0.0623 e. The Morgan fingerprint density at radius 1 is 0.405 bits per heavy atom. The first kappa shape index (κ1) is 27.7. The Labute approximate surface area is 262 Å². The quantitative estimate of drug-likeness (QED) is 0.174. The van der Waals surface area contributed by atoms with Crippen LogP contribution in [-0.2, 0) is 24.2 Å². The number of hydrogen-bond acceptors (Lipinski definition) is 0. The summed E-state index contributed by atoms with van der Waals surface area (Å²) in [6.07, 6.45) is 0. The third-order valence-corrected chi connectivity index (χ3v) is 8.83. The summed E-state index contributed by atoms with van der Waals surface area (Å²) in [6.45, 7) is 0. The monoisotopic (exact) mass is 612 g/mol. The molecule has 0 spiro atoms. The van der Waals surface area contributed by atoms with E-state index >= 15 is 0 Å². The van der Waals surface area contributed by atoms with Crippen LogP contribution in [0.15, 0.2) is 182 Å². The van der Waals surface area contributed by atoms with Crippen LogP contribution in [0.4, 0.5) is 0 Å². The Morgan fingerprint density at radius 3 is 1.33 bits per heavy atom. The first-order valence-electron chi connectivity index (χ1n) is 14.2. The van der Waals surface area contributed by atoms with E-state index in [2.05, 4.69) is 182 Å². The zero-order valence-corrected chi connectivity index (χ0v) is 25.8. The van der Waals surface area contributed by atoms with Gasteiger partial charge < -0.3 is 0 Å². The van der Waals surface area contributed by atoms with Crippen LogP contribution in [0.25, 0.3) is 43.4 Å². The summed E-state index contributed by atoms with van der Waals surface area (Å²) >= 11 is 1.46. The summed E-state index contributed by atoms with van der Waals surface area (Å²) in [4.78, 5) is 0. The molecule has 42 heavy (non-hydrogen) atoms. The van der Waals surface area contributed by atoms with Crippen molar-refractivity contribution in [3.8, 4) is 11.1 Å². The van der Waals surface area contributed by atoms with E-state index < -0.39 is 0 Å². The molecule has 0 radical (unpaired) electrons. The molecule has 8 aromatic rings. The van der Waals surface area contributed by atoms with E-state index in [1.54, 1.807) is 0 Å². The molecule has 8 rings (SSSR count). The Morgan fingerprint density at radius 2 is 0.810 bits per heavy atom. The van der Waals surface area contributed by atoms with Gasteiger partial charge in [0.25, 0.3) is 0 Å². The Bertz CT molecular complexity index is 1940. The van der Waals surface area contributed by atoms with Crippen molar-refractivity contribution >= 4 is 35.5 Å². The van der Waals surface area contributed by atoms with Crippen LogP contribution in [0.1, 0.15) is 11.1 Å². The summed E-state index contributed by atoms with van der Waals surface area (Å²) < 4.78 is 1.42. The van der Waals surface area contributed by atoms with Crippen molar-refractivity contribution in [1.82, 2.24) is 0 Å². The molecule has 0 amide bonds. The minimum atomic E-state index is 1.29. The third-order valence-electron chi connectivity index (χ3n) is 7.41. The predicted molar refractivity (Wildman–Crippen MR) is 178 cm³/mol. The van der Waals surface area contributed by atoms with Crippen molar-refractivity contribution in [2.75, 3.05) is 0 Å². The van der Waals surface area contributed by atoms with E-state index in [1.165, 1.54) is 82.0 Å². The summed E-state index contributed by atoms with van der Waals surface area (Å²) in [5.74, 6) is 0. The van der Waals surface area contributed by atoms with Gasteiger partial charge in [0.1, 0.15) is 0 Å². The third kappa shape index (κ3) is 6.38. The van der Waals surface area contributed by atoms with Gasteiger partial charge in [-0.25, -0.2) is 0 Å². The fraction of sp³-hybridized carbons (Fsp3) is 0. The summed E-state index contributed by atoms with van der Waals surface area (Å²) in [5.41, 5.74) is 5.28. The zero-order chi connectivity index (χ0) is 28.6. The van der Waals surface area contributed by atoms with Crippen LogP contribution >= 0.6 is 0 Å². The smallest absolute Gasteiger partial charge is 0.0623 e. The van der Waals surface area contributed by atoms with E-state index in [0.29, 0.717) is 0 Å². The molecule has 0 atom stereocenters. The molecule has 0 heterocycles. The summed E-state index contributed by atoms with van der Waals surface area (Å²) in [5, 5.41) is 8.05. The second kappa shape index (κ2) is 13.5. The second-order valence-corrected chi connectivity index (χ2v) is 11.4. The van der Waals surface area contributed by atoms with Crippen molar-refractivity contribution in [2.24, 2.45) is 0 Å². The molecule has 0 unspecified atom stereocenters. The van der Waals surface area contributed by atoms with Crippen LogP contribution in [0, 0.1) is 0 Å². The largest absolute Gasteiger partial charge is 0.150 e. The molecule has 0 aromatic heterocycles. The molecular weight excluding hydrogens is 584 g/mol. The molecule has 0 saturated carbocycles. The SMILES string of the molecule is [Zr+2]=[C](c1ccccc1)c1ccccc1.c1ccc(-c2c[cH-]c3ccccc23)cc1.c1ccc2c(c1)[cH-]c1ccccc12. The van der Waals surface area contributed by atoms with Crippen molar-refractivity contribution in [1.29, 1.82) is 0 Å². The molecule has 0 saturated heterocycles. The average molecular weight is 614 g/mol. The van der Waals surface area contributed by atoms with Crippen molar-refractivity contribution in [2.45, 2.75) is 0 Å². The van der Waals surface area contributed by atoms with Crippen molar-refractivity contribution < 1.29 is 24.2 Å². The first-order valence-corrected chi connectivity index (χ1v) is 15.4. The van der Waals surface area contributed by atoms with E-state index in [0.717, 1.165) is 0 Å². The van der Waals surface area contributed by atoms with Gasteiger partial charge in [-0.1, -0.05) is 78.4 Å². The topological polar surface area (TPSA) is 0 Å². The Balaban J connectivity index is 0.000000113. The molecule has 0 nitrogen and oxygen atoms in total. The number of fused-ring (bicyclic) bond motifs is 4. The van der Waals surface area contributed by atoms with Crippen LogP contribution < -0.4 is 0 Å². The molecule has 0 aliphatic rings. The normalized spacial score (nSPS) is 10.5. The average Bonchev–Trinajstić information content (AvgIpc) is 3.68. The van der Waals surface area contributed by atoms with Gasteiger partial charge in [0.05, 0.1) is 0 Å². The molecule has 8 aromatic carbocycles. The molecule has 0 aliphatic heterocycles. The van der Waals surface area contributed by atoms with Gasteiger partial charge in [0, 0.05) is 0 Å². The molecule has 1 heteroatoms. The van der Waals surface area contributed by atoms with Crippen LogP contribution in [0.2, 0.25) is 0 Å². The van der Waals surface area contributed by atoms with Crippen LogP contribution in [0.5, 0.6) is 0 Å². The standard InChI is InChI=1S/C15H11.C13H9.C13H10.Zr/c1-2-6-12(7-3-1)15-11-10-13-8-4-5-9-14(13)15;1-3-7-12-10(5-1)9-11-6-2-4-8-13(11)12;1-3-7-12(8-4-1)11-13-9-5-2-6-10-13;/h1-11H;1-9H;1-10H;/q2*-1;;+2. The fourth-order valence-electron chi connectivity index (χ4n) is 5.30. The number of hydrogen-bond donors (Lipinski definition) is 0. The van der Waals surface area contributed by atoms with Crippen LogP contribution in [0.3, 0.4) is 0 Å². The van der Waals surface area contributed by atoms with Gasteiger partial charge in [0.2, 0.25) is 0 Å². The molecule has 0 bridgehead atoms. The van der Waals surface area contributed by atoms with E-state index in [9.17, 15) is 0 Å². The van der Waals surface area contributed by atoms with E-state index in [4.69, 9.17) is 0 Å². The van der Waals surface area contributed by atoms with E-state index in [1.807, 2.05) is 0 Å². The number of benzene rings is 6. The Hall–Kier alpha value is -4.45. The maximum absolute atomic E-state index is 2.24. The minimum Gasteiger partial charge on any atom is -0.150 e. The van der Waals surface area contributed by atoms with E-state index in [-0.39, 0.29) is 0 Å². The van der Waals surface area contributed by atoms with Gasteiger partial charge in [-0.2, -0.15) is 0 Å². The van der Waals surface area contributed by atoms with Gasteiger partial charge in [-0.3, -0.25) is 0 Å². The van der Waals surface area contributed by atoms with Crippen LogP contribution in [-0.4, -0.2) is 3.21 Å². The van der Waals surface area contributed by atoms with Gasteiger partial charge >= 0.3 is 99.2 Å². The molecule has 198 valence electrons. The summed E-state index contributed by atoms with van der Waals surface area (Å²) in [7, 11) is 0. The molecule has 0 N–H and O–H groups in total. The fourth-order valence-corrected chi connectivity index (χ4v) is 6.12. The zero-order valence-electron chi connectivity index (χ0n) is 23.3. The van der Waals surface area contributed by atoms with Crippen molar-refractivity contribution in [3.63, 3.8) is 0 Å². The Kier molecular flexibility index (Phi) is 8.89. The maximum atomic E-state index is 2.24. The first-order chi connectivity index (χ1) is 20.8. The van der Waals surface area contributed by atoms with Gasteiger partial charge in [-0.05, 0) is 0 Å². The number of rotatable bonds is 3. The second-order valence-electron chi connectivity index (χ2n) is 10.1. The van der Waals surface area contributed by atoms with Gasteiger partial charge in [0.15, 0.2) is 0 Å². The molecule has 0 aliphatic carbocycles. The molecule has 0 fully saturated rings. The predicted octanol–water partition coefficient (Wildman–Crippen LogP) is 10.7. The van der Waals surface area contributed by atoms with Crippen molar-refractivity contribution in [3.05, 3.63) is 193 Å².